The Balaban J connectivity index is 1.51. The number of benzene rings is 1. The Morgan fingerprint density at radius 2 is 2.12 bits per heavy atom. The molecule has 1 aliphatic carbocycles. The molecule has 0 bridgehead atoms. The number of amides is 2. The molecule has 1 unspecified atom stereocenters. The Morgan fingerprint density at radius 1 is 1.31 bits per heavy atom. The van der Waals surface area contributed by atoms with E-state index in [-0.39, 0.29) is 18.4 Å². The zero-order chi connectivity index (χ0) is 18.3. The molecule has 6 nitrogen and oxygen atoms in total. The van der Waals surface area contributed by atoms with E-state index in [0.29, 0.717) is 35.4 Å². The highest BCUT2D eigenvalue weighted by molar-refractivity contribution is 6.33. The number of anilines is 1. The lowest BCUT2D eigenvalue weighted by Gasteiger charge is -2.34. The number of aromatic amines is 1. The van der Waals surface area contributed by atoms with E-state index in [4.69, 9.17) is 11.6 Å². The fourth-order valence-electron chi connectivity index (χ4n) is 3.77. The number of nitrogens with one attached hydrogen (secondary N) is 1. The summed E-state index contributed by atoms with van der Waals surface area (Å²) < 4.78 is 0. The average Bonchev–Trinajstić information content (AvgIpc) is 3.05. The molecule has 1 aromatic heterocycles. The van der Waals surface area contributed by atoms with Crippen LogP contribution >= 0.6 is 11.6 Å². The van der Waals surface area contributed by atoms with E-state index in [1.54, 1.807) is 15.9 Å². The fourth-order valence-corrected chi connectivity index (χ4v) is 4.01. The van der Waals surface area contributed by atoms with Gasteiger partial charge in [-0.15, -0.1) is 0 Å². The van der Waals surface area contributed by atoms with Crippen LogP contribution in [0.5, 0.6) is 0 Å². The molecule has 136 valence electrons. The number of H-pyrrole nitrogens is 1. The van der Waals surface area contributed by atoms with E-state index < -0.39 is 0 Å². The number of carbonyl (C=O) groups is 2. The van der Waals surface area contributed by atoms with Crippen LogP contribution in [-0.4, -0.2) is 46.5 Å². The van der Waals surface area contributed by atoms with Crippen LogP contribution in [0.3, 0.4) is 0 Å². The molecule has 2 aliphatic rings. The highest BCUT2D eigenvalue weighted by atomic mass is 35.5. The van der Waals surface area contributed by atoms with Gasteiger partial charge >= 0.3 is 0 Å². The molecule has 1 N–H and O–H groups in total. The van der Waals surface area contributed by atoms with Gasteiger partial charge in [-0.2, -0.15) is 5.10 Å². The number of rotatable bonds is 2. The molecule has 1 atom stereocenters. The standard InChI is InChI=1S/C19H21ClN4O2/c1-12-6-7-15-13(10-12)18(22-21-15)19(26)23-8-9-24(17(25)11-23)16-5-3-2-4-14(16)20/h2-5,12H,6-11H2,1H3,(H,21,22). The van der Waals surface area contributed by atoms with Crippen LogP contribution in [0.1, 0.15) is 35.1 Å². The summed E-state index contributed by atoms with van der Waals surface area (Å²) >= 11 is 6.21. The van der Waals surface area contributed by atoms with Crippen molar-refractivity contribution in [2.75, 3.05) is 24.5 Å². The third kappa shape index (κ3) is 2.98. The first kappa shape index (κ1) is 17.1. The van der Waals surface area contributed by atoms with Gasteiger partial charge < -0.3 is 9.80 Å². The zero-order valence-electron chi connectivity index (χ0n) is 14.7. The molecule has 2 amide bonds. The minimum Gasteiger partial charge on any atom is -0.326 e. The molecule has 4 rings (SSSR count). The number of aryl methyl sites for hydroxylation is 1. The first-order valence-electron chi connectivity index (χ1n) is 8.95. The first-order chi connectivity index (χ1) is 12.5. The minimum atomic E-state index is -0.163. The quantitative estimate of drug-likeness (QED) is 0.881. The Hall–Kier alpha value is -2.34. The van der Waals surface area contributed by atoms with E-state index >= 15 is 0 Å². The Bertz CT molecular complexity index is 863. The molecule has 0 radical (unpaired) electrons. The van der Waals surface area contributed by atoms with Crippen LogP contribution in [0.4, 0.5) is 5.69 Å². The number of aromatic nitrogens is 2. The van der Waals surface area contributed by atoms with Crippen molar-refractivity contribution >= 4 is 29.1 Å². The topological polar surface area (TPSA) is 69.3 Å². The van der Waals surface area contributed by atoms with Gasteiger partial charge in [0.2, 0.25) is 5.91 Å². The summed E-state index contributed by atoms with van der Waals surface area (Å²) in [6.07, 6.45) is 2.90. The first-order valence-corrected chi connectivity index (χ1v) is 9.32. The molecule has 0 spiro atoms. The summed E-state index contributed by atoms with van der Waals surface area (Å²) in [4.78, 5) is 28.8. The third-order valence-corrected chi connectivity index (χ3v) is 5.57. The SMILES string of the molecule is CC1CCc2[nH]nc(C(=O)N3CCN(c4ccccc4Cl)C(=O)C3)c2C1. The van der Waals surface area contributed by atoms with Crippen LogP contribution in [-0.2, 0) is 17.6 Å². The summed E-state index contributed by atoms with van der Waals surface area (Å²) in [5.74, 6) is 0.254. The number of para-hydroxylation sites is 1. The number of halogens is 1. The molecule has 1 fully saturated rings. The predicted molar refractivity (Wildman–Crippen MR) is 99.5 cm³/mol. The summed E-state index contributed by atoms with van der Waals surface area (Å²) in [6, 6.07) is 7.27. The maximum absolute atomic E-state index is 12.9. The van der Waals surface area contributed by atoms with Crippen LogP contribution in [0.2, 0.25) is 5.02 Å². The van der Waals surface area contributed by atoms with Gasteiger partial charge in [0.05, 0.1) is 10.7 Å². The van der Waals surface area contributed by atoms with Crippen LogP contribution in [0.25, 0.3) is 0 Å². The van der Waals surface area contributed by atoms with Crippen molar-refractivity contribution < 1.29 is 9.59 Å². The van der Waals surface area contributed by atoms with Crippen molar-refractivity contribution in [1.82, 2.24) is 15.1 Å². The van der Waals surface area contributed by atoms with Gasteiger partial charge in [0, 0.05) is 24.3 Å². The van der Waals surface area contributed by atoms with E-state index in [0.717, 1.165) is 30.5 Å². The van der Waals surface area contributed by atoms with Gasteiger partial charge in [0.25, 0.3) is 5.91 Å². The highest BCUT2D eigenvalue weighted by Crippen LogP contribution is 2.29. The van der Waals surface area contributed by atoms with Gasteiger partial charge in [-0.1, -0.05) is 30.7 Å². The minimum absolute atomic E-state index is 0.0429. The van der Waals surface area contributed by atoms with Gasteiger partial charge in [-0.05, 0) is 37.3 Å². The average molecular weight is 373 g/mol. The molecule has 26 heavy (non-hydrogen) atoms. The summed E-state index contributed by atoms with van der Waals surface area (Å²) in [5, 5.41) is 7.81. The molecule has 1 aliphatic heterocycles. The van der Waals surface area contributed by atoms with Crippen molar-refractivity contribution in [3.05, 3.63) is 46.2 Å². The second-order valence-electron chi connectivity index (χ2n) is 7.10. The highest BCUT2D eigenvalue weighted by Gasteiger charge is 2.33. The third-order valence-electron chi connectivity index (χ3n) is 5.25. The molecule has 0 saturated carbocycles. The zero-order valence-corrected chi connectivity index (χ0v) is 15.4. The van der Waals surface area contributed by atoms with Crippen molar-refractivity contribution in [2.45, 2.75) is 26.2 Å². The van der Waals surface area contributed by atoms with Gasteiger partial charge in [-0.25, -0.2) is 0 Å². The largest absolute Gasteiger partial charge is 0.326 e. The maximum atomic E-state index is 12.9. The lowest BCUT2D eigenvalue weighted by molar-refractivity contribution is -0.120. The second-order valence-corrected chi connectivity index (χ2v) is 7.51. The van der Waals surface area contributed by atoms with Crippen LogP contribution in [0.15, 0.2) is 24.3 Å². The number of piperazine rings is 1. The molecule has 1 saturated heterocycles. The molecular formula is C19H21ClN4O2. The monoisotopic (exact) mass is 372 g/mol. The van der Waals surface area contributed by atoms with Gasteiger partial charge in [-0.3, -0.25) is 14.7 Å². The normalized spacial score (nSPS) is 20.2. The molecule has 2 heterocycles. The molecule has 7 heteroatoms. The summed E-state index contributed by atoms with van der Waals surface area (Å²) in [7, 11) is 0. The van der Waals surface area contributed by atoms with Gasteiger partial charge in [0.15, 0.2) is 5.69 Å². The molecule has 1 aromatic carbocycles. The Labute approximate surface area is 157 Å². The van der Waals surface area contributed by atoms with Crippen molar-refractivity contribution in [2.24, 2.45) is 5.92 Å². The van der Waals surface area contributed by atoms with E-state index in [1.165, 1.54) is 0 Å². The maximum Gasteiger partial charge on any atom is 0.275 e. The van der Waals surface area contributed by atoms with Gasteiger partial charge in [0.1, 0.15) is 6.54 Å². The Kier molecular flexibility index (Phi) is 4.44. The molecular weight excluding hydrogens is 352 g/mol. The van der Waals surface area contributed by atoms with E-state index in [1.807, 2.05) is 18.2 Å². The van der Waals surface area contributed by atoms with Crippen LogP contribution < -0.4 is 4.90 Å². The van der Waals surface area contributed by atoms with E-state index in [9.17, 15) is 9.59 Å². The second kappa shape index (κ2) is 6.76. The fraction of sp³-hybridized carbons (Fsp3) is 0.421. The number of carbonyl (C=O) groups excluding carboxylic acids is 2. The summed E-state index contributed by atoms with van der Waals surface area (Å²) in [5.41, 5.74) is 3.25. The number of hydrogen-bond donors (Lipinski definition) is 1. The lowest BCUT2D eigenvalue weighted by Crippen LogP contribution is -2.52. The van der Waals surface area contributed by atoms with E-state index in [2.05, 4.69) is 17.1 Å². The predicted octanol–water partition coefficient (Wildman–Crippen LogP) is 2.68. The van der Waals surface area contributed by atoms with Crippen molar-refractivity contribution in [3.63, 3.8) is 0 Å². The smallest absolute Gasteiger partial charge is 0.275 e. The van der Waals surface area contributed by atoms with Crippen molar-refractivity contribution in [3.8, 4) is 0 Å². The number of nitrogens with zero attached hydrogens (tertiary/aromatic N) is 3. The lowest BCUT2D eigenvalue weighted by atomic mass is 9.87. The Morgan fingerprint density at radius 3 is 2.88 bits per heavy atom. The number of fused-ring (bicyclic) bond motifs is 1. The van der Waals surface area contributed by atoms with Crippen molar-refractivity contribution in [1.29, 1.82) is 0 Å². The summed E-state index contributed by atoms with van der Waals surface area (Å²) in [6.45, 7) is 3.13. The number of hydrogen-bond acceptors (Lipinski definition) is 3. The van der Waals surface area contributed by atoms with Crippen LogP contribution in [0, 0.1) is 5.92 Å². The molecule has 2 aromatic rings.